The molecule has 0 saturated carbocycles. The van der Waals surface area contributed by atoms with Crippen LogP contribution in [-0.4, -0.2) is 14.8 Å². The van der Waals surface area contributed by atoms with Crippen LogP contribution in [0.25, 0.3) is 22.0 Å². The fourth-order valence-corrected chi connectivity index (χ4v) is 2.14. The number of nitrogens with zero attached hydrogens (tertiary/aromatic N) is 3. The molecule has 0 aliphatic carbocycles. The molecular weight excluding hydrogens is 234 g/mol. The fraction of sp³-hybridized carbons (Fsp3) is 0.0769. The van der Waals surface area contributed by atoms with Crippen LogP contribution in [-0.2, 0) is 7.05 Å². The van der Waals surface area contributed by atoms with E-state index in [2.05, 4.69) is 10.1 Å². The Balaban J connectivity index is 2.35. The Kier molecular flexibility index (Phi) is 2.34. The van der Waals surface area contributed by atoms with Gasteiger partial charge in [-0.25, -0.2) is 4.98 Å². The normalized spacial score (nSPS) is 10.9. The molecule has 3 rings (SSSR count). The summed E-state index contributed by atoms with van der Waals surface area (Å²) >= 11 is 6.04. The molecule has 84 valence electrons. The van der Waals surface area contributed by atoms with Gasteiger partial charge in [0.05, 0.1) is 11.7 Å². The van der Waals surface area contributed by atoms with Gasteiger partial charge in [-0.05, 0) is 17.7 Å². The van der Waals surface area contributed by atoms with Gasteiger partial charge in [-0.15, -0.1) is 0 Å². The minimum absolute atomic E-state index is 0.502. The van der Waals surface area contributed by atoms with Crippen molar-refractivity contribution in [3.05, 3.63) is 47.9 Å². The molecule has 3 aromatic rings. The average molecular weight is 244 g/mol. The van der Waals surface area contributed by atoms with Crippen LogP contribution in [0.15, 0.2) is 42.7 Å². The van der Waals surface area contributed by atoms with Crippen LogP contribution >= 0.6 is 11.6 Å². The Morgan fingerprint density at radius 2 is 2.06 bits per heavy atom. The van der Waals surface area contributed by atoms with E-state index in [1.165, 1.54) is 0 Å². The number of benzene rings is 1. The molecule has 0 fully saturated rings. The Bertz CT molecular complexity index is 688. The number of hydrogen-bond donors (Lipinski definition) is 0. The summed E-state index contributed by atoms with van der Waals surface area (Å²) in [5.74, 6) is 0. The SMILES string of the molecule is Cn1cc(-c2cc(Cl)nc3ccccc23)cn1. The number of rotatable bonds is 1. The highest BCUT2D eigenvalue weighted by Gasteiger charge is 2.07. The lowest BCUT2D eigenvalue weighted by Crippen LogP contribution is -1.85. The highest BCUT2D eigenvalue weighted by molar-refractivity contribution is 6.30. The van der Waals surface area contributed by atoms with Gasteiger partial charge in [0.25, 0.3) is 0 Å². The van der Waals surface area contributed by atoms with Crippen LogP contribution in [0.2, 0.25) is 5.15 Å². The zero-order valence-corrected chi connectivity index (χ0v) is 10.0. The third-order valence-electron chi connectivity index (χ3n) is 2.70. The molecule has 3 nitrogen and oxygen atoms in total. The summed E-state index contributed by atoms with van der Waals surface area (Å²) in [4.78, 5) is 4.31. The van der Waals surface area contributed by atoms with Gasteiger partial charge in [0.15, 0.2) is 0 Å². The van der Waals surface area contributed by atoms with E-state index < -0.39 is 0 Å². The molecule has 0 spiro atoms. The van der Waals surface area contributed by atoms with Crippen molar-refractivity contribution in [3.8, 4) is 11.1 Å². The van der Waals surface area contributed by atoms with Gasteiger partial charge in [0, 0.05) is 24.2 Å². The van der Waals surface area contributed by atoms with Gasteiger partial charge in [0.2, 0.25) is 0 Å². The molecule has 17 heavy (non-hydrogen) atoms. The molecule has 0 bridgehead atoms. The van der Waals surface area contributed by atoms with Crippen molar-refractivity contribution in [3.63, 3.8) is 0 Å². The van der Waals surface area contributed by atoms with Crippen molar-refractivity contribution in [2.45, 2.75) is 0 Å². The van der Waals surface area contributed by atoms with Crippen molar-refractivity contribution in [1.82, 2.24) is 14.8 Å². The van der Waals surface area contributed by atoms with Crippen LogP contribution in [0.3, 0.4) is 0 Å². The highest BCUT2D eigenvalue weighted by Crippen LogP contribution is 2.29. The zero-order chi connectivity index (χ0) is 11.8. The maximum atomic E-state index is 6.04. The molecule has 0 N–H and O–H groups in total. The quantitative estimate of drug-likeness (QED) is 0.614. The number of hydrogen-bond acceptors (Lipinski definition) is 2. The maximum absolute atomic E-state index is 6.04. The molecule has 0 unspecified atom stereocenters. The summed E-state index contributed by atoms with van der Waals surface area (Å²) in [7, 11) is 1.90. The lowest BCUT2D eigenvalue weighted by atomic mass is 10.0. The summed E-state index contributed by atoms with van der Waals surface area (Å²) < 4.78 is 1.78. The van der Waals surface area contributed by atoms with Crippen LogP contribution in [0.4, 0.5) is 0 Å². The molecule has 2 heterocycles. The van der Waals surface area contributed by atoms with Gasteiger partial charge >= 0.3 is 0 Å². The number of fused-ring (bicyclic) bond motifs is 1. The highest BCUT2D eigenvalue weighted by atomic mass is 35.5. The zero-order valence-electron chi connectivity index (χ0n) is 9.26. The first-order chi connectivity index (χ1) is 8.24. The van der Waals surface area contributed by atoms with Gasteiger partial charge in [-0.3, -0.25) is 4.68 Å². The van der Waals surface area contributed by atoms with Crippen molar-refractivity contribution in [2.75, 3.05) is 0 Å². The largest absolute Gasteiger partial charge is 0.275 e. The molecule has 4 heteroatoms. The van der Waals surface area contributed by atoms with Crippen molar-refractivity contribution >= 4 is 22.5 Å². The Labute approximate surface area is 104 Å². The smallest absolute Gasteiger partial charge is 0.130 e. The average Bonchev–Trinajstić information content (AvgIpc) is 2.74. The van der Waals surface area contributed by atoms with Gasteiger partial charge in [-0.1, -0.05) is 29.8 Å². The summed E-state index contributed by atoms with van der Waals surface area (Å²) in [6, 6.07) is 9.83. The van der Waals surface area contributed by atoms with E-state index in [1.54, 1.807) is 4.68 Å². The number of halogens is 1. The van der Waals surface area contributed by atoms with Crippen LogP contribution in [0.1, 0.15) is 0 Å². The van der Waals surface area contributed by atoms with Crippen LogP contribution in [0.5, 0.6) is 0 Å². The summed E-state index contributed by atoms with van der Waals surface area (Å²) in [6.07, 6.45) is 3.80. The topological polar surface area (TPSA) is 30.7 Å². The van der Waals surface area contributed by atoms with E-state index in [0.29, 0.717) is 5.15 Å². The molecule has 0 amide bonds. The standard InChI is InChI=1S/C13H10ClN3/c1-17-8-9(7-15-17)11-6-13(14)16-12-5-3-2-4-10(11)12/h2-8H,1H3. The van der Waals surface area contributed by atoms with Crippen molar-refractivity contribution in [2.24, 2.45) is 7.05 Å². The fourth-order valence-electron chi connectivity index (χ4n) is 1.94. The Hall–Kier alpha value is -1.87. The second kappa shape index (κ2) is 3.86. The Morgan fingerprint density at radius 3 is 2.82 bits per heavy atom. The first-order valence-electron chi connectivity index (χ1n) is 5.28. The molecule has 0 aliphatic rings. The summed E-state index contributed by atoms with van der Waals surface area (Å²) in [5.41, 5.74) is 3.01. The minimum atomic E-state index is 0.502. The van der Waals surface area contributed by atoms with Crippen molar-refractivity contribution in [1.29, 1.82) is 0 Å². The predicted octanol–water partition coefficient (Wildman–Crippen LogP) is 3.29. The minimum Gasteiger partial charge on any atom is -0.275 e. The molecule has 1 aromatic carbocycles. The monoisotopic (exact) mass is 243 g/mol. The van der Waals surface area contributed by atoms with Crippen molar-refractivity contribution < 1.29 is 0 Å². The lowest BCUT2D eigenvalue weighted by Gasteiger charge is -2.04. The van der Waals surface area contributed by atoms with Crippen LogP contribution < -0.4 is 0 Å². The third-order valence-corrected chi connectivity index (χ3v) is 2.89. The van der Waals surface area contributed by atoms with E-state index in [0.717, 1.165) is 22.0 Å². The number of pyridine rings is 1. The molecule has 0 saturated heterocycles. The third kappa shape index (κ3) is 1.78. The van der Waals surface area contributed by atoms with E-state index in [9.17, 15) is 0 Å². The molecular formula is C13H10ClN3. The van der Waals surface area contributed by atoms with E-state index >= 15 is 0 Å². The molecule has 0 aliphatic heterocycles. The van der Waals surface area contributed by atoms with E-state index in [-0.39, 0.29) is 0 Å². The second-order valence-corrected chi connectivity index (χ2v) is 4.30. The number of aryl methyl sites for hydroxylation is 1. The summed E-state index contributed by atoms with van der Waals surface area (Å²) in [6.45, 7) is 0. The molecule has 2 aromatic heterocycles. The van der Waals surface area contributed by atoms with Crippen LogP contribution in [0, 0.1) is 0 Å². The summed E-state index contributed by atoms with van der Waals surface area (Å²) in [5, 5.41) is 5.77. The van der Waals surface area contributed by atoms with Gasteiger partial charge < -0.3 is 0 Å². The molecule has 0 atom stereocenters. The molecule has 0 radical (unpaired) electrons. The second-order valence-electron chi connectivity index (χ2n) is 3.91. The lowest BCUT2D eigenvalue weighted by molar-refractivity contribution is 0.768. The number of aromatic nitrogens is 3. The van der Waals surface area contributed by atoms with Gasteiger partial charge in [0.1, 0.15) is 5.15 Å². The first-order valence-corrected chi connectivity index (χ1v) is 5.66. The van der Waals surface area contributed by atoms with E-state index in [1.807, 2.05) is 49.8 Å². The first kappa shape index (κ1) is 10.3. The van der Waals surface area contributed by atoms with E-state index in [4.69, 9.17) is 11.6 Å². The Morgan fingerprint density at radius 1 is 1.24 bits per heavy atom. The predicted molar refractivity (Wildman–Crippen MR) is 69.0 cm³/mol. The maximum Gasteiger partial charge on any atom is 0.130 e. The van der Waals surface area contributed by atoms with Gasteiger partial charge in [-0.2, -0.15) is 5.10 Å². The number of para-hydroxylation sites is 1.